The van der Waals surface area contributed by atoms with Crippen LogP contribution in [0.15, 0.2) is 20.9 Å². The fourth-order valence-corrected chi connectivity index (χ4v) is 6.34. The molecular formula is C33H65N13O4. The van der Waals surface area contributed by atoms with Gasteiger partial charge >= 0.3 is 5.69 Å². The molecule has 3 aliphatic heterocycles. The van der Waals surface area contributed by atoms with Gasteiger partial charge in [0.25, 0.3) is 5.56 Å². The summed E-state index contributed by atoms with van der Waals surface area (Å²) in [5, 5.41) is 34.1. The molecule has 0 aliphatic carbocycles. The van der Waals surface area contributed by atoms with Crippen LogP contribution in [0.4, 0.5) is 0 Å². The van der Waals surface area contributed by atoms with E-state index in [0.29, 0.717) is 5.56 Å². The zero-order valence-corrected chi connectivity index (χ0v) is 30.3. The lowest BCUT2D eigenvalue weighted by molar-refractivity contribution is -0.0271. The Labute approximate surface area is 297 Å². The first-order valence-corrected chi connectivity index (χ1v) is 18.8. The number of nitrogens with zero attached hydrogens (tertiary/aromatic N) is 6. The molecule has 17 heteroatoms. The standard InChI is InChI=1S/C23H52N8.C10H13N5O4/c1-6-24-12-14-26-10-3-18-30(22-16-28-8-1)20-5-21-31-19-4-11-27-15-13-25-7-2-9-29-17-23-31;1-5-3-15(10(18)12-9(5)17)8-2-6(13-14-11)7(4-16)19-8/h24-29H,1-23H2;3,6-8,16H,2,4H2,1H3,(H,12,17,18)/t;6-,7+,8+/m.0/s1. The van der Waals surface area contributed by atoms with Crippen LogP contribution in [0.3, 0.4) is 0 Å². The van der Waals surface area contributed by atoms with E-state index in [1.54, 1.807) is 6.92 Å². The molecule has 0 radical (unpaired) electrons. The van der Waals surface area contributed by atoms with E-state index in [0.717, 1.165) is 78.5 Å². The van der Waals surface area contributed by atoms with Crippen LogP contribution in [-0.4, -0.2) is 161 Å². The van der Waals surface area contributed by atoms with Gasteiger partial charge in [0.2, 0.25) is 0 Å². The van der Waals surface area contributed by atoms with Gasteiger partial charge in [0.1, 0.15) is 6.23 Å². The minimum Gasteiger partial charge on any atom is -0.394 e. The monoisotopic (exact) mass is 708 g/mol. The van der Waals surface area contributed by atoms with E-state index in [-0.39, 0.29) is 13.0 Å². The molecule has 3 saturated heterocycles. The number of ether oxygens (including phenoxy) is 1. The van der Waals surface area contributed by atoms with Crippen molar-refractivity contribution >= 4 is 0 Å². The number of H-pyrrole nitrogens is 1. The third-order valence-electron chi connectivity index (χ3n) is 9.23. The topological polar surface area (TPSA) is 212 Å². The van der Waals surface area contributed by atoms with Crippen LogP contribution in [0.2, 0.25) is 0 Å². The Kier molecular flexibility index (Phi) is 22.2. The Morgan fingerprint density at radius 3 is 1.78 bits per heavy atom. The molecule has 0 saturated carbocycles. The molecule has 4 rings (SSSR count). The lowest BCUT2D eigenvalue weighted by Gasteiger charge is -2.26. The van der Waals surface area contributed by atoms with Crippen molar-refractivity contribution in [3.8, 4) is 0 Å². The van der Waals surface area contributed by atoms with Crippen molar-refractivity contribution in [3.63, 3.8) is 0 Å². The second-order valence-electron chi connectivity index (χ2n) is 13.2. The molecule has 3 aliphatic rings. The van der Waals surface area contributed by atoms with Gasteiger partial charge in [-0.3, -0.25) is 14.3 Å². The summed E-state index contributed by atoms with van der Waals surface area (Å²) in [6.45, 7) is 21.8. The molecule has 0 bridgehead atoms. The van der Waals surface area contributed by atoms with Gasteiger partial charge in [-0.1, -0.05) is 5.11 Å². The number of hydrogen-bond donors (Lipinski definition) is 8. The summed E-state index contributed by atoms with van der Waals surface area (Å²) in [6, 6.07) is -0.542. The van der Waals surface area contributed by atoms with Gasteiger partial charge in [-0.15, -0.1) is 0 Å². The number of aryl methyl sites for hydroxylation is 1. The van der Waals surface area contributed by atoms with Gasteiger partial charge in [0.05, 0.1) is 18.8 Å². The van der Waals surface area contributed by atoms with Crippen LogP contribution in [0, 0.1) is 6.92 Å². The third kappa shape index (κ3) is 17.2. The normalized spacial score (nSPS) is 25.3. The number of aliphatic hydroxyl groups is 1. The highest BCUT2D eigenvalue weighted by Gasteiger charge is 2.35. The Hall–Kier alpha value is -2.41. The summed E-state index contributed by atoms with van der Waals surface area (Å²) < 4.78 is 6.69. The Bertz CT molecular complexity index is 1130. The van der Waals surface area contributed by atoms with Crippen molar-refractivity contribution in [3.05, 3.63) is 43.0 Å². The van der Waals surface area contributed by atoms with Crippen LogP contribution in [0.1, 0.15) is 50.3 Å². The van der Waals surface area contributed by atoms with Gasteiger partial charge in [-0.05, 0) is 110 Å². The number of hydrogen-bond acceptors (Lipinski definition) is 13. The Morgan fingerprint density at radius 1 is 0.780 bits per heavy atom. The molecule has 3 atom stereocenters. The van der Waals surface area contributed by atoms with E-state index in [1.807, 2.05) is 0 Å². The molecule has 8 N–H and O–H groups in total. The second-order valence-corrected chi connectivity index (χ2v) is 13.2. The van der Waals surface area contributed by atoms with E-state index >= 15 is 0 Å². The summed E-state index contributed by atoms with van der Waals surface area (Å²) in [4.78, 5) is 33.2. The van der Waals surface area contributed by atoms with E-state index in [1.165, 1.54) is 82.1 Å². The molecule has 50 heavy (non-hydrogen) atoms. The Morgan fingerprint density at radius 2 is 1.28 bits per heavy atom. The zero-order chi connectivity index (χ0) is 35.7. The molecular weight excluding hydrogens is 642 g/mol. The average molecular weight is 708 g/mol. The van der Waals surface area contributed by atoms with Gasteiger partial charge in [0, 0.05) is 75.5 Å². The van der Waals surface area contributed by atoms with Crippen LogP contribution in [-0.2, 0) is 4.74 Å². The highest BCUT2D eigenvalue weighted by Crippen LogP contribution is 2.29. The predicted molar refractivity (Wildman–Crippen MR) is 198 cm³/mol. The predicted octanol–water partition coefficient (Wildman–Crippen LogP) is -1.09. The molecule has 0 aromatic carbocycles. The van der Waals surface area contributed by atoms with Crippen molar-refractivity contribution in [1.29, 1.82) is 0 Å². The molecule has 1 aromatic rings. The first-order valence-electron chi connectivity index (χ1n) is 18.8. The lowest BCUT2D eigenvalue weighted by Crippen LogP contribution is -2.40. The molecule has 3 fully saturated rings. The van der Waals surface area contributed by atoms with Crippen molar-refractivity contribution in [2.75, 3.05) is 124 Å². The first-order chi connectivity index (χ1) is 24.5. The second kappa shape index (κ2) is 26.4. The summed E-state index contributed by atoms with van der Waals surface area (Å²) in [5.41, 5.74) is 7.76. The SMILES string of the molecule is C1CNCCNCCCN(CCCN2CCCNCCNCCCNCC2)CCNC1.Cc1cn([C@H]2C[C@H](N=[N+]=[N-])[C@@H](CO)O2)c(=O)[nH]c1=O. The summed E-state index contributed by atoms with van der Waals surface area (Å²) in [6.07, 6.45) is 6.52. The zero-order valence-electron chi connectivity index (χ0n) is 30.3. The van der Waals surface area contributed by atoms with Crippen LogP contribution in [0.5, 0.6) is 0 Å². The van der Waals surface area contributed by atoms with Crippen molar-refractivity contribution < 1.29 is 9.84 Å². The minimum atomic E-state index is -0.671. The smallest absolute Gasteiger partial charge is 0.330 e. The van der Waals surface area contributed by atoms with Crippen molar-refractivity contribution in [1.82, 2.24) is 51.3 Å². The number of rotatable bonds is 7. The molecule has 286 valence electrons. The number of aliphatic hydroxyl groups excluding tert-OH is 1. The fraction of sp³-hybridized carbons (Fsp3) is 0.879. The first kappa shape index (κ1) is 42.0. The van der Waals surface area contributed by atoms with Crippen LogP contribution >= 0.6 is 0 Å². The molecule has 0 amide bonds. The molecule has 4 heterocycles. The number of aromatic amines is 1. The number of azide groups is 1. The fourth-order valence-electron chi connectivity index (χ4n) is 6.34. The quantitative estimate of drug-likeness (QED) is 0.0966. The molecule has 0 unspecified atom stereocenters. The third-order valence-corrected chi connectivity index (χ3v) is 9.23. The minimum absolute atomic E-state index is 0.265. The van der Waals surface area contributed by atoms with Gasteiger partial charge in [-0.25, -0.2) is 4.79 Å². The maximum atomic E-state index is 11.7. The van der Waals surface area contributed by atoms with E-state index in [2.05, 4.69) is 56.7 Å². The Balaban J connectivity index is 0.000000303. The highest BCUT2D eigenvalue weighted by molar-refractivity contribution is 5.02. The molecule has 17 nitrogen and oxygen atoms in total. The van der Waals surface area contributed by atoms with Gasteiger partial charge < -0.3 is 51.5 Å². The van der Waals surface area contributed by atoms with E-state index in [4.69, 9.17) is 15.4 Å². The largest absolute Gasteiger partial charge is 0.394 e. The van der Waals surface area contributed by atoms with Crippen LogP contribution < -0.4 is 43.1 Å². The summed E-state index contributed by atoms with van der Waals surface area (Å²) in [7, 11) is 0. The maximum Gasteiger partial charge on any atom is 0.330 e. The van der Waals surface area contributed by atoms with Gasteiger partial charge in [0.15, 0.2) is 0 Å². The van der Waals surface area contributed by atoms with E-state index < -0.39 is 29.6 Å². The molecule has 1 aromatic heterocycles. The summed E-state index contributed by atoms with van der Waals surface area (Å²) in [5.74, 6) is 0. The number of nitrogens with one attached hydrogen (secondary N) is 7. The lowest BCUT2D eigenvalue weighted by atomic mass is 10.1. The maximum absolute atomic E-state index is 11.7. The van der Waals surface area contributed by atoms with Gasteiger partial charge in [-0.2, -0.15) is 0 Å². The number of aromatic nitrogens is 2. The van der Waals surface area contributed by atoms with Crippen molar-refractivity contribution in [2.45, 2.75) is 63.8 Å². The highest BCUT2D eigenvalue weighted by atomic mass is 16.5. The molecule has 0 spiro atoms. The summed E-state index contributed by atoms with van der Waals surface area (Å²) >= 11 is 0. The van der Waals surface area contributed by atoms with E-state index in [9.17, 15) is 9.59 Å². The van der Waals surface area contributed by atoms with Crippen molar-refractivity contribution in [2.24, 2.45) is 5.11 Å². The average Bonchev–Trinajstić information content (AvgIpc) is 3.52. The van der Waals surface area contributed by atoms with Crippen LogP contribution in [0.25, 0.3) is 10.4 Å².